The van der Waals surface area contributed by atoms with Gasteiger partial charge in [0.15, 0.2) is 0 Å². The molecule has 0 radical (unpaired) electrons. The Hall–Kier alpha value is -0.870. The summed E-state index contributed by atoms with van der Waals surface area (Å²) in [5, 5.41) is 0. The number of amides is 1. The van der Waals surface area contributed by atoms with Crippen LogP contribution < -0.4 is 5.73 Å². The van der Waals surface area contributed by atoms with Crippen LogP contribution in [0, 0.1) is 6.92 Å². The Morgan fingerprint density at radius 1 is 1.50 bits per heavy atom. The van der Waals surface area contributed by atoms with E-state index in [-0.39, 0.29) is 17.5 Å². The molecule has 98 valence electrons. The molecule has 1 atom stereocenters. The number of nitrogens with two attached hydrogens (primary N) is 1. The highest BCUT2D eigenvalue weighted by Gasteiger charge is 2.40. The fourth-order valence-electron chi connectivity index (χ4n) is 2.63. The minimum absolute atomic E-state index is 0.0757. The van der Waals surface area contributed by atoms with E-state index < -0.39 is 0 Å². The van der Waals surface area contributed by atoms with Gasteiger partial charge in [0.25, 0.3) is 5.91 Å². The Kier molecular flexibility index (Phi) is 3.52. The van der Waals surface area contributed by atoms with E-state index in [9.17, 15) is 4.79 Å². The maximum Gasteiger partial charge on any atom is 0.254 e. The zero-order valence-electron chi connectivity index (χ0n) is 11.0. The van der Waals surface area contributed by atoms with E-state index in [1.165, 1.54) is 0 Å². The lowest BCUT2D eigenvalue weighted by Crippen LogP contribution is -2.43. The quantitative estimate of drug-likeness (QED) is 0.867. The molecule has 1 unspecified atom stereocenters. The van der Waals surface area contributed by atoms with Gasteiger partial charge in [-0.25, -0.2) is 0 Å². The molecule has 3 nitrogen and oxygen atoms in total. The molecule has 1 amide bonds. The number of aryl methyl sites for hydroxylation is 1. The van der Waals surface area contributed by atoms with Crippen LogP contribution >= 0.6 is 15.9 Å². The predicted octanol–water partition coefficient (Wildman–Crippen LogP) is 2.71. The van der Waals surface area contributed by atoms with E-state index in [1.807, 2.05) is 30.0 Å². The van der Waals surface area contributed by atoms with Crippen molar-refractivity contribution in [1.82, 2.24) is 4.90 Å². The Morgan fingerprint density at radius 3 is 2.72 bits per heavy atom. The number of carbonyl (C=O) groups is 1. The van der Waals surface area contributed by atoms with E-state index in [4.69, 9.17) is 5.73 Å². The van der Waals surface area contributed by atoms with Gasteiger partial charge in [-0.05, 0) is 44.9 Å². The standard InChI is InChI=1S/C14H19BrN2O/c1-9-4-5-10(15)6-12(9)13(18)17-8-11(16)7-14(17,2)3/h4-6,11H,7-8,16H2,1-3H3. The third-order valence-corrected chi connectivity index (χ3v) is 4.08. The van der Waals surface area contributed by atoms with Gasteiger partial charge in [-0.15, -0.1) is 0 Å². The van der Waals surface area contributed by atoms with Crippen LogP contribution in [0.4, 0.5) is 0 Å². The van der Waals surface area contributed by atoms with Crippen molar-refractivity contribution >= 4 is 21.8 Å². The Morgan fingerprint density at radius 2 is 2.17 bits per heavy atom. The lowest BCUT2D eigenvalue weighted by Gasteiger charge is -2.31. The predicted molar refractivity (Wildman–Crippen MR) is 76.6 cm³/mol. The van der Waals surface area contributed by atoms with Crippen LogP contribution in [0.2, 0.25) is 0 Å². The van der Waals surface area contributed by atoms with E-state index in [0.29, 0.717) is 6.54 Å². The summed E-state index contributed by atoms with van der Waals surface area (Å²) in [5.41, 5.74) is 7.58. The molecule has 1 heterocycles. The molecule has 1 aromatic rings. The first-order valence-corrected chi connectivity index (χ1v) is 6.94. The molecule has 4 heteroatoms. The molecule has 2 rings (SSSR count). The second-order valence-corrected chi connectivity index (χ2v) is 6.57. The second-order valence-electron chi connectivity index (χ2n) is 5.65. The molecular weight excluding hydrogens is 292 g/mol. The van der Waals surface area contributed by atoms with Gasteiger partial charge < -0.3 is 10.6 Å². The van der Waals surface area contributed by atoms with E-state index in [0.717, 1.165) is 22.0 Å². The molecular formula is C14H19BrN2O. The molecule has 2 N–H and O–H groups in total. The van der Waals surface area contributed by atoms with Crippen molar-refractivity contribution in [1.29, 1.82) is 0 Å². The Bertz CT molecular complexity index is 485. The summed E-state index contributed by atoms with van der Waals surface area (Å²) in [4.78, 5) is 14.5. The number of halogens is 1. The molecule has 18 heavy (non-hydrogen) atoms. The van der Waals surface area contributed by atoms with E-state index in [1.54, 1.807) is 0 Å². The maximum atomic E-state index is 12.6. The zero-order chi connectivity index (χ0) is 13.5. The van der Waals surface area contributed by atoms with Crippen LogP contribution in [-0.4, -0.2) is 28.9 Å². The zero-order valence-corrected chi connectivity index (χ0v) is 12.6. The second kappa shape index (κ2) is 4.67. The minimum atomic E-state index is -0.161. The molecule has 0 spiro atoms. The van der Waals surface area contributed by atoms with Crippen molar-refractivity contribution in [2.75, 3.05) is 6.54 Å². The number of likely N-dealkylation sites (tertiary alicyclic amines) is 1. The van der Waals surface area contributed by atoms with Crippen LogP contribution in [0.1, 0.15) is 36.2 Å². The first-order valence-electron chi connectivity index (χ1n) is 6.15. The monoisotopic (exact) mass is 310 g/mol. The molecule has 0 aliphatic carbocycles. The van der Waals surface area contributed by atoms with Gasteiger partial charge >= 0.3 is 0 Å². The maximum absolute atomic E-state index is 12.6. The number of benzene rings is 1. The average Bonchev–Trinajstić information content (AvgIpc) is 2.54. The van der Waals surface area contributed by atoms with Crippen LogP contribution in [0.3, 0.4) is 0 Å². The SMILES string of the molecule is Cc1ccc(Br)cc1C(=O)N1CC(N)CC1(C)C. The summed E-state index contributed by atoms with van der Waals surface area (Å²) in [6, 6.07) is 5.88. The number of hydrogen-bond acceptors (Lipinski definition) is 2. The fraction of sp³-hybridized carbons (Fsp3) is 0.500. The number of rotatable bonds is 1. The highest BCUT2D eigenvalue weighted by molar-refractivity contribution is 9.10. The van der Waals surface area contributed by atoms with Gasteiger partial charge in [-0.3, -0.25) is 4.79 Å². The smallest absolute Gasteiger partial charge is 0.254 e. The van der Waals surface area contributed by atoms with E-state index in [2.05, 4.69) is 29.8 Å². The lowest BCUT2D eigenvalue weighted by molar-refractivity contribution is 0.0650. The van der Waals surface area contributed by atoms with Crippen molar-refractivity contribution in [3.05, 3.63) is 33.8 Å². The van der Waals surface area contributed by atoms with Crippen molar-refractivity contribution < 1.29 is 4.79 Å². The van der Waals surface area contributed by atoms with Crippen LogP contribution in [0.5, 0.6) is 0 Å². The summed E-state index contributed by atoms with van der Waals surface area (Å²) in [6.07, 6.45) is 0.853. The van der Waals surface area contributed by atoms with Crippen molar-refractivity contribution in [2.24, 2.45) is 5.73 Å². The molecule has 1 aliphatic heterocycles. The number of nitrogens with zero attached hydrogens (tertiary/aromatic N) is 1. The van der Waals surface area contributed by atoms with Crippen molar-refractivity contribution in [2.45, 2.75) is 38.8 Å². The Labute approximate surface area is 116 Å². The summed E-state index contributed by atoms with van der Waals surface area (Å²) in [5.74, 6) is 0.0757. The normalized spacial score (nSPS) is 22.3. The number of carbonyl (C=O) groups excluding carboxylic acids is 1. The van der Waals surface area contributed by atoms with Crippen LogP contribution in [0.15, 0.2) is 22.7 Å². The fourth-order valence-corrected chi connectivity index (χ4v) is 2.99. The first-order chi connectivity index (χ1) is 8.31. The van der Waals surface area contributed by atoms with Gasteiger partial charge in [-0.1, -0.05) is 22.0 Å². The first kappa shape index (κ1) is 13.6. The highest BCUT2D eigenvalue weighted by Crippen LogP contribution is 2.30. The third kappa shape index (κ3) is 2.45. The van der Waals surface area contributed by atoms with Crippen molar-refractivity contribution in [3.63, 3.8) is 0 Å². The minimum Gasteiger partial charge on any atom is -0.332 e. The average molecular weight is 311 g/mol. The van der Waals surface area contributed by atoms with Gasteiger partial charge in [0, 0.05) is 28.2 Å². The number of hydrogen-bond donors (Lipinski definition) is 1. The summed E-state index contributed by atoms with van der Waals surface area (Å²) in [6.45, 7) is 6.75. The third-order valence-electron chi connectivity index (χ3n) is 3.58. The highest BCUT2D eigenvalue weighted by atomic mass is 79.9. The molecule has 0 saturated carbocycles. The molecule has 1 saturated heterocycles. The van der Waals surface area contributed by atoms with Gasteiger partial charge in [0.1, 0.15) is 0 Å². The summed E-state index contributed by atoms with van der Waals surface area (Å²) < 4.78 is 0.928. The van der Waals surface area contributed by atoms with Gasteiger partial charge in [0.2, 0.25) is 0 Å². The lowest BCUT2D eigenvalue weighted by atomic mass is 9.99. The van der Waals surface area contributed by atoms with Gasteiger partial charge in [-0.2, -0.15) is 0 Å². The largest absolute Gasteiger partial charge is 0.332 e. The summed E-state index contributed by atoms with van der Waals surface area (Å²) >= 11 is 3.42. The van der Waals surface area contributed by atoms with Crippen LogP contribution in [-0.2, 0) is 0 Å². The van der Waals surface area contributed by atoms with Crippen LogP contribution in [0.25, 0.3) is 0 Å². The molecule has 0 bridgehead atoms. The molecule has 0 aromatic heterocycles. The molecule has 1 fully saturated rings. The summed E-state index contributed by atoms with van der Waals surface area (Å²) in [7, 11) is 0. The molecule has 1 aliphatic rings. The topological polar surface area (TPSA) is 46.3 Å². The van der Waals surface area contributed by atoms with Gasteiger partial charge in [0.05, 0.1) is 0 Å². The van der Waals surface area contributed by atoms with E-state index >= 15 is 0 Å². The Balaban J connectivity index is 2.34. The molecule has 1 aromatic carbocycles. The van der Waals surface area contributed by atoms with Crippen molar-refractivity contribution in [3.8, 4) is 0 Å².